The van der Waals surface area contributed by atoms with Crippen molar-refractivity contribution < 1.29 is 4.74 Å². The minimum Gasteiger partial charge on any atom is -0.457 e. The molecule has 5 heteroatoms. The van der Waals surface area contributed by atoms with Crippen LogP contribution in [0.5, 0.6) is 11.5 Å². The van der Waals surface area contributed by atoms with Crippen molar-refractivity contribution in [1.82, 2.24) is 4.98 Å². The van der Waals surface area contributed by atoms with Crippen LogP contribution < -0.4 is 9.64 Å². The number of rotatable bonds is 2. The molecule has 8 rings (SSSR count). The van der Waals surface area contributed by atoms with Gasteiger partial charge in [-0.15, -0.1) is 0 Å². The first-order valence-electron chi connectivity index (χ1n) is 14.0. The Kier molecular flexibility index (Phi) is 5.41. The second kappa shape index (κ2) is 9.45. The molecule has 0 unspecified atom stereocenters. The van der Waals surface area contributed by atoms with Gasteiger partial charge in [0.25, 0.3) is 0 Å². The quantitative estimate of drug-likeness (QED) is 0.201. The van der Waals surface area contributed by atoms with Crippen molar-refractivity contribution in [1.29, 1.82) is 5.26 Å². The molecule has 0 bridgehead atoms. The first-order valence-corrected chi connectivity index (χ1v) is 14.0. The Balaban J connectivity index is 1.36. The molecule has 1 aromatic heterocycles. The number of ether oxygens (including phenoxy) is 1. The first kappa shape index (κ1) is 24.6. The molecule has 1 spiro atoms. The number of hydrogen-bond acceptors (Lipinski definition) is 4. The van der Waals surface area contributed by atoms with E-state index in [2.05, 4.69) is 118 Å². The van der Waals surface area contributed by atoms with Crippen LogP contribution in [0.15, 0.2) is 134 Å². The van der Waals surface area contributed by atoms with Crippen molar-refractivity contribution in [2.45, 2.75) is 5.41 Å². The van der Waals surface area contributed by atoms with Crippen LogP contribution in [0.2, 0.25) is 0 Å². The van der Waals surface area contributed by atoms with Gasteiger partial charge in [-0.3, -0.25) is 4.98 Å². The lowest BCUT2D eigenvalue weighted by atomic mass is 9.61. The summed E-state index contributed by atoms with van der Waals surface area (Å²) in [6.45, 7) is 7.63. The Morgan fingerprint density at radius 1 is 0.698 bits per heavy atom. The average molecular weight is 551 g/mol. The van der Waals surface area contributed by atoms with Crippen LogP contribution >= 0.6 is 0 Å². The molecule has 0 saturated carbocycles. The van der Waals surface area contributed by atoms with Crippen LogP contribution in [0, 0.1) is 17.9 Å². The fourth-order valence-electron chi connectivity index (χ4n) is 6.69. The van der Waals surface area contributed by atoms with Crippen molar-refractivity contribution in [2.75, 3.05) is 4.90 Å². The van der Waals surface area contributed by atoms with Gasteiger partial charge in [-0.1, -0.05) is 84.9 Å². The number of aromatic nitrogens is 1. The maximum absolute atomic E-state index is 9.26. The Hall–Kier alpha value is -6.17. The zero-order chi connectivity index (χ0) is 29.0. The van der Waals surface area contributed by atoms with E-state index in [4.69, 9.17) is 11.3 Å². The molecule has 0 atom stereocenters. The molecule has 6 aromatic rings. The maximum atomic E-state index is 9.26. The smallest absolute Gasteiger partial charge is 0.214 e. The van der Waals surface area contributed by atoms with E-state index in [1.165, 1.54) is 17.3 Å². The molecule has 2 aliphatic heterocycles. The highest BCUT2D eigenvalue weighted by Gasteiger charge is 2.50. The van der Waals surface area contributed by atoms with Gasteiger partial charge in [-0.05, 0) is 59.2 Å². The summed E-state index contributed by atoms with van der Waals surface area (Å²) >= 11 is 0. The third kappa shape index (κ3) is 3.46. The van der Waals surface area contributed by atoms with E-state index in [0.29, 0.717) is 16.9 Å². The van der Waals surface area contributed by atoms with Crippen molar-refractivity contribution in [2.24, 2.45) is 0 Å². The van der Waals surface area contributed by atoms with Gasteiger partial charge in [0, 0.05) is 23.0 Å². The molecule has 0 fully saturated rings. The summed E-state index contributed by atoms with van der Waals surface area (Å²) in [6.07, 6.45) is 1.51. The molecule has 43 heavy (non-hydrogen) atoms. The molecule has 0 aliphatic carbocycles. The number of fused-ring (bicyclic) bond motifs is 8. The summed E-state index contributed by atoms with van der Waals surface area (Å²) in [5.74, 6) is 1.71. The highest BCUT2D eigenvalue weighted by Crippen LogP contribution is 2.62. The number of nitriles is 1. The lowest BCUT2D eigenvalue weighted by Gasteiger charge is -2.48. The predicted molar refractivity (Wildman–Crippen MR) is 167 cm³/mol. The molecular weight excluding hydrogens is 528 g/mol. The first-order chi connectivity index (χ1) is 21.2. The van der Waals surface area contributed by atoms with Gasteiger partial charge in [0.1, 0.15) is 11.5 Å². The van der Waals surface area contributed by atoms with E-state index in [0.717, 1.165) is 45.3 Å². The Morgan fingerprint density at radius 3 is 1.79 bits per heavy atom. The van der Waals surface area contributed by atoms with Crippen molar-refractivity contribution in [3.63, 3.8) is 0 Å². The highest BCUT2D eigenvalue weighted by molar-refractivity contribution is 5.91. The summed E-state index contributed by atoms with van der Waals surface area (Å²) in [6, 6.07) is 45.7. The summed E-state index contributed by atoms with van der Waals surface area (Å²) in [5.41, 5.74) is 9.27. The molecule has 0 amide bonds. The zero-order valence-electron chi connectivity index (χ0n) is 22.9. The predicted octanol–water partition coefficient (Wildman–Crippen LogP) is 9.44. The molecule has 5 nitrogen and oxygen atoms in total. The van der Waals surface area contributed by atoms with E-state index in [-0.39, 0.29) is 0 Å². The normalized spacial score (nSPS) is 13.4. The third-order valence-corrected chi connectivity index (χ3v) is 8.42. The molecule has 5 aromatic carbocycles. The van der Waals surface area contributed by atoms with Crippen molar-refractivity contribution in [3.05, 3.63) is 173 Å². The zero-order valence-corrected chi connectivity index (χ0v) is 22.9. The lowest BCUT2D eigenvalue weighted by molar-refractivity contribution is 0.434. The number of hydrogen-bond donors (Lipinski definition) is 0. The Labute approximate surface area is 249 Å². The number of para-hydroxylation sites is 4. The molecule has 200 valence electrons. The van der Waals surface area contributed by atoms with E-state index < -0.39 is 5.41 Å². The number of nitrogens with zero attached hydrogens (tertiary/aromatic N) is 4. The van der Waals surface area contributed by atoms with Crippen molar-refractivity contribution in [3.8, 4) is 28.8 Å². The van der Waals surface area contributed by atoms with Gasteiger partial charge in [-0.25, -0.2) is 4.85 Å². The SMILES string of the molecule is [C-]#[N+]c1cc(C#N)cnc1-c1ccc(N2c3ccccc3C3(c4ccccc4Oc4ccccc43)c3ccccc32)cc1. The monoisotopic (exact) mass is 550 g/mol. The molecular formula is C38H22N4O. The second-order valence-electron chi connectivity index (χ2n) is 10.6. The summed E-state index contributed by atoms with van der Waals surface area (Å²) in [5, 5.41) is 9.26. The van der Waals surface area contributed by atoms with E-state index in [1.807, 2.05) is 24.3 Å². The summed E-state index contributed by atoms with van der Waals surface area (Å²) in [4.78, 5) is 10.4. The van der Waals surface area contributed by atoms with Crippen LogP contribution in [0.4, 0.5) is 22.7 Å². The van der Waals surface area contributed by atoms with Crippen LogP contribution in [-0.4, -0.2) is 4.98 Å². The van der Waals surface area contributed by atoms with Gasteiger partial charge in [0.05, 0.1) is 40.7 Å². The molecule has 3 heterocycles. The summed E-state index contributed by atoms with van der Waals surface area (Å²) < 4.78 is 6.48. The number of benzene rings is 5. The largest absolute Gasteiger partial charge is 0.457 e. The van der Waals surface area contributed by atoms with Crippen LogP contribution in [0.25, 0.3) is 16.1 Å². The summed E-state index contributed by atoms with van der Waals surface area (Å²) in [7, 11) is 0. The van der Waals surface area contributed by atoms with E-state index in [1.54, 1.807) is 6.07 Å². The van der Waals surface area contributed by atoms with Crippen LogP contribution in [0.1, 0.15) is 27.8 Å². The van der Waals surface area contributed by atoms with Gasteiger partial charge in [-0.2, -0.15) is 5.26 Å². The molecule has 0 N–H and O–H groups in total. The Bertz CT molecular complexity index is 2060. The van der Waals surface area contributed by atoms with Crippen molar-refractivity contribution >= 4 is 22.7 Å². The molecule has 0 radical (unpaired) electrons. The van der Waals surface area contributed by atoms with Gasteiger partial charge in [0.2, 0.25) is 5.69 Å². The Morgan fingerprint density at radius 2 is 1.23 bits per heavy atom. The lowest BCUT2D eigenvalue weighted by Crippen LogP contribution is -2.39. The van der Waals surface area contributed by atoms with E-state index >= 15 is 0 Å². The van der Waals surface area contributed by atoms with Crippen LogP contribution in [0.3, 0.4) is 0 Å². The molecule has 0 saturated heterocycles. The average Bonchev–Trinajstić information content (AvgIpc) is 3.08. The standard InChI is InChI=1S/C38H22N4O/c1-40-32-22-25(23-39)24-41-37(32)26-18-20-27(21-19-26)42-33-14-6-2-10-28(33)38(29-11-3-7-15-34(29)42)30-12-4-8-16-35(30)43-36-17-9-5-13-31(36)38/h2-22,24H. The second-order valence-corrected chi connectivity index (χ2v) is 10.6. The molecule has 2 aliphatic rings. The van der Waals surface area contributed by atoms with Gasteiger partial charge < -0.3 is 9.64 Å². The number of anilines is 3. The van der Waals surface area contributed by atoms with E-state index in [9.17, 15) is 5.26 Å². The fourth-order valence-corrected chi connectivity index (χ4v) is 6.69. The topological polar surface area (TPSA) is 53.5 Å². The highest BCUT2D eigenvalue weighted by atomic mass is 16.5. The minimum atomic E-state index is -0.577. The van der Waals surface area contributed by atoms with Crippen LogP contribution in [-0.2, 0) is 5.41 Å². The number of pyridine rings is 1. The van der Waals surface area contributed by atoms with Gasteiger partial charge >= 0.3 is 0 Å². The fraction of sp³-hybridized carbons (Fsp3) is 0.0263. The van der Waals surface area contributed by atoms with Gasteiger partial charge in [0.15, 0.2) is 0 Å². The minimum absolute atomic E-state index is 0.360. The maximum Gasteiger partial charge on any atom is 0.214 e. The third-order valence-electron chi connectivity index (χ3n) is 8.42.